The van der Waals surface area contributed by atoms with E-state index >= 15 is 0 Å². The molecule has 1 aliphatic rings. The lowest BCUT2D eigenvalue weighted by Crippen LogP contribution is -2.49. The van der Waals surface area contributed by atoms with Crippen LogP contribution in [0.4, 0.5) is 0 Å². The molecule has 2 rings (SSSR count). The first kappa shape index (κ1) is 14.5. The third-order valence-corrected chi connectivity index (χ3v) is 3.95. The largest absolute Gasteiger partial charge is 0.273 e. The molecule has 20 heavy (non-hydrogen) atoms. The van der Waals surface area contributed by atoms with Crippen LogP contribution in [0.25, 0.3) is 0 Å². The van der Waals surface area contributed by atoms with E-state index in [1.165, 1.54) is 6.42 Å². The van der Waals surface area contributed by atoms with Gasteiger partial charge in [0.25, 0.3) is 5.91 Å². The van der Waals surface area contributed by atoms with E-state index in [9.17, 15) is 9.59 Å². The fourth-order valence-electron chi connectivity index (χ4n) is 2.58. The molecule has 1 heterocycles. The summed E-state index contributed by atoms with van der Waals surface area (Å²) in [6.07, 6.45) is 6.66. The summed E-state index contributed by atoms with van der Waals surface area (Å²) in [6.45, 7) is 3.78. The van der Waals surface area contributed by atoms with Gasteiger partial charge in [-0.25, -0.2) is 0 Å². The zero-order valence-electron chi connectivity index (χ0n) is 12.0. The Morgan fingerprint density at radius 2 is 1.90 bits per heavy atom. The number of aromatic nitrogens is 1. The van der Waals surface area contributed by atoms with Gasteiger partial charge in [0.15, 0.2) is 0 Å². The van der Waals surface area contributed by atoms with Gasteiger partial charge in [-0.15, -0.1) is 0 Å². The summed E-state index contributed by atoms with van der Waals surface area (Å²) < 4.78 is 0. The van der Waals surface area contributed by atoms with Crippen LogP contribution in [0.5, 0.6) is 0 Å². The lowest BCUT2D eigenvalue weighted by Gasteiger charge is -2.31. The van der Waals surface area contributed by atoms with Crippen LogP contribution in [0.15, 0.2) is 18.3 Å². The number of carbonyl (C=O) groups is 2. The van der Waals surface area contributed by atoms with Crippen LogP contribution in [-0.2, 0) is 4.79 Å². The first-order valence-electron chi connectivity index (χ1n) is 7.05. The highest BCUT2D eigenvalue weighted by Gasteiger charge is 2.34. The fourth-order valence-corrected chi connectivity index (χ4v) is 2.58. The van der Waals surface area contributed by atoms with E-state index < -0.39 is 0 Å². The zero-order chi connectivity index (χ0) is 14.6. The zero-order valence-corrected chi connectivity index (χ0v) is 12.0. The molecule has 5 heteroatoms. The maximum absolute atomic E-state index is 12.2. The third kappa shape index (κ3) is 3.35. The summed E-state index contributed by atoms with van der Waals surface area (Å²) >= 11 is 0. The Bertz CT molecular complexity index is 508. The molecule has 0 saturated heterocycles. The van der Waals surface area contributed by atoms with Crippen LogP contribution in [0.3, 0.4) is 0 Å². The maximum Gasteiger partial charge on any atom is 0.269 e. The van der Waals surface area contributed by atoms with Crippen molar-refractivity contribution in [2.75, 3.05) is 0 Å². The number of rotatable bonds is 2. The van der Waals surface area contributed by atoms with Crippen molar-refractivity contribution in [2.24, 2.45) is 5.41 Å². The van der Waals surface area contributed by atoms with Gasteiger partial charge in [0.1, 0.15) is 0 Å². The molecular formula is C15H21N3O2. The highest BCUT2D eigenvalue weighted by atomic mass is 16.2. The Balaban J connectivity index is 1.91. The van der Waals surface area contributed by atoms with Crippen molar-refractivity contribution in [2.45, 2.75) is 46.0 Å². The predicted molar refractivity (Wildman–Crippen MR) is 75.8 cm³/mol. The van der Waals surface area contributed by atoms with Crippen LogP contribution in [0.1, 0.15) is 55.1 Å². The standard InChI is InChI=1S/C15H21N3O2/c1-11-10-12(6-9-16-11)13(19)17-18-14(20)15(2)7-4-3-5-8-15/h6,9-10H,3-5,7-8H2,1-2H3,(H,17,19)(H,18,20). The molecule has 108 valence electrons. The lowest BCUT2D eigenvalue weighted by atomic mass is 9.75. The van der Waals surface area contributed by atoms with Gasteiger partial charge >= 0.3 is 0 Å². The van der Waals surface area contributed by atoms with Crippen LogP contribution in [0, 0.1) is 12.3 Å². The van der Waals surface area contributed by atoms with Gasteiger partial charge in [-0.1, -0.05) is 26.2 Å². The topological polar surface area (TPSA) is 71.1 Å². The van der Waals surface area contributed by atoms with Crippen molar-refractivity contribution in [3.05, 3.63) is 29.6 Å². The van der Waals surface area contributed by atoms with Crippen molar-refractivity contribution in [3.63, 3.8) is 0 Å². The van der Waals surface area contributed by atoms with Crippen molar-refractivity contribution >= 4 is 11.8 Å². The van der Waals surface area contributed by atoms with E-state index in [-0.39, 0.29) is 17.2 Å². The van der Waals surface area contributed by atoms with Crippen LogP contribution in [-0.4, -0.2) is 16.8 Å². The molecule has 0 radical (unpaired) electrons. The number of pyridine rings is 1. The normalized spacial score (nSPS) is 17.3. The van der Waals surface area contributed by atoms with Crippen molar-refractivity contribution in [1.29, 1.82) is 0 Å². The second kappa shape index (κ2) is 6.03. The highest BCUT2D eigenvalue weighted by Crippen LogP contribution is 2.35. The van der Waals surface area contributed by atoms with E-state index in [0.29, 0.717) is 5.56 Å². The summed E-state index contributed by atoms with van der Waals surface area (Å²) in [4.78, 5) is 28.2. The molecule has 0 bridgehead atoms. The van der Waals surface area contributed by atoms with E-state index in [1.54, 1.807) is 18.3 Å². The van der Waals surface area contributed by atoms with Crippen LogP contribution < -0.4 is 10.9 Å². The van der Waals surface area contributed by atoms with E-state index in [4.69, 9.17) is 0 Å². The van der Waals surface area contributed by atoms with E-state index in [2.05, 4.69) is 15.8 Å². The molecule has 0 atom stereocenters. The molecule has 2 amide bonds. The van der Waals surface area contributed by atoms with Crippen molar-refractivity contribution < 1.29 is 9.59 Å². The van der Waals surface area contributed by atoms with Gasteiger partial charge in [0.05, 0.1) is 0 Å². The number of amides is 2. The average molecular weight is 275 g/mol. The second-order valence-corrected chi connectivity index (χ2v) is 5.72. The van der Waals surface area contributed by atoms with Crippen LogP contribution in [0.2, 0.25) is 0 Å². The summed E-state index contributed by atoms with van der Waals surface area (Å²) in [5, 5.41) is 0. The molecule has 1 aromatic rings. The van der Waals surface area contributed by atoms with E-state index in [0.717, 1.165) is 31.4 Å². The first-order chi connectivity index (χ1) is 9.51. The van der Waals surface area contributed by atoms with Crippen molar-refractivity contribution in [1.82, 2.24) is 15.8 Å². The average Bonchev–Trinajstić information content (AvgIpc) is 2.45. The second-order valence-electron chi connectivity index (χ2n) is 5.72. The molecular weight excluding hydrogens is 254 g/mol. The molecule has 1 saturated carbocycles. The monoisotopic (exact) mass is 275 g/mol. The molecule has 2 N–H and O–H groups in total. The molecule has 5 nitrogen and oxygen atoms in total. The molecule has 0 aromatic carbocycles. The smallest absolute Gasteiger partial charge is 0.269 e. The minimum Gasteiger partial charge on any atom is -0.273 e. The summed E-state index contributed by atoms with van der Waals surface area (Å²) in [6, 6.07) is 3.31. The molecule has 0 spiro atoms. The summed E-state index contributed by atoms with van der Waals surface area (Å²) in [5.74, 6) is -0.417. The Morgan fingerprint density at radius 3 is 2.55 bits per heavy atom. The van der Waals surface area contributed by atoms with Crippen LogP contribution >= 0.6 is 0 Å². The number of nitrogens with zero attached hydrogens (tertiary/aromatic N) is 1. The number of carbonyl (C=O) groups excluding carboxylic acids is 2. The lowest BCUT2D eigenvalue weighted by molar-refractivity contribution is -0.132. The Kier molecular flexibility index (Phi) is 4.37. The molecule has 1 aromatic heterocycles. The number of hydrazine groups is 1. The summed E-state index contributed by atoms with van der Waals surface area (Å²) in [7, 11) is 0. The highest BCUT2D eigenvalue weighted by molar-refractivity contribution is 5.95. The van der Waals surface area contributed by atoms with E-state index in [1.807, 2.05) is 13.8 Å². The molecule has 1 aliphatic carbocycles. The van der Waals surface area contributed by atoms with Gasteiger partial charge < -0.3 is 0 Å². The Hall–Kier alpha value is -1.91. The minimum atomic E-state index is -0.361. The summed E-state index contributed by atoms with van der Waals surface area (Å²) in [5.41, 5.74) is 5.93. The minimum absolute atomic E-state index is 0.101. The predicted octanol–water partition coefficient (Wildman–Crippen LogP) is 2.12. The number of hydrogen-bond donors (Lipinski definition) is 2. The molecule has 1 fully saturated rings. The van der Waals surface area contributed by atoms with Gasteiger partial charge in [-0.2, -0.15) is 0 Å². The maximum atomic E-state index is 12.2. The van der Waals surface area contributed by atoms with Gasteiger partial charge in [0.2, 0.25) is 5.91 Å². The third-order valence-electron chi connectivity index (χ3n) is 3.95. The number of hydrogen-bond acceptors (Lipinski definition) is 3. The fraction of sp³-hybridized carbons (Fsp3) is 0.533. The van der Waals surface area contributed by atoms with Gasteiger partial charge in [0, 0.05) is 22.9 Å². The Labute approximate surface area is 119 Å². The van der Waals surface area contributed by atoms with Crippen molar-refractivity contribution in [3.8, 4) is 0 Å². The van der Waals surface area contributed by atoms with Gasteiger partial charge in [-0.05, 0) is 31.9 Å². The SMILES string of the molecule is Cc1cc(C(=O)NNC(=O)C2(C)CCCCC2)ccn1. The molecule has 0 unspecified atom stereocenters. The Morgan fingerprint density at radius 1 is 1.20 bits per heavy atom. The number of aryl methyl sites for hydroxylation is 1. The van der Waals surface area contributed by atoms with Gasteiger partial charge in [-0.3, -0.25) is 25.4 Å². The molecule has 0 aliphatic heterocycles. The quantitative estimate of drug-likeness (QED) is 0.812. The number of nitrogens with one attached hydrogen (secondary N) is 2. The first-order valence-corrected chi connectivity index (χ1v) is 7.05.